The number of aromatic nitrogens is 1. The van der Waals surface area contributed by atoms with E-state index in [4.69, 9.17) is 9.52 Å². The number of hydrogen-bond donors (Lipinski definition) is 1. The average Bonchev–Trinajstić information content (AvgIpc) is 2.81. The van der Waals surface area contributed by atoms with Crippen LogP contribution in [0.25, 0.3) is 0 Å². The van der Waals surface area contributed by atoms with Crippen molar-refractivity contribution in [3.05, 3.63) is 18.4 Å². The highest BCUT2D eigenvalue weighted by molar-refractivity contribution is 5.84. The smallest absolute Gasteiger partial charge is 0.326 e. The molecular weight excluding hydrogens is 224 g/mol. The van der Waals surface area contributed by atoms with Crippen LogP contribution in [-0.4, -0.2) is 39.5 Å². The minimum absolute atomic E-state index is 0.0246. The van der Waals surface area contributed by atoms with E-state index in [1.807, 2.05) is 0 Å². The van der Waals surface area contributed by atoms with E-state index in [9.17, 15) is 9.59 Å². The minimum Gasteiger partial charge on any atom is -0.480 e. The lowest BCUT2D eigenvalue weighted by Crippen LogP contribution is -2.48. The molecule has 1 unspecified atom stereocenters. The summed E-state index contributed by atoms with van der Waals surface area (Å²) in [6, 6.07) is -0.703. The number of carboxylic acids is 1. The molecule has 2 rings (SSSR count). The van der Waals surface area contributed by atoms with Crippen molar-refractivity contribution < 1.29 is 19.1 Å². The summed E-state index contributed by atoms with van der Waals surface area (Å²) in [7, 11) is 0. The second-order valence-corrected chi connectivity index (χ2v) is 4.04. The average molecular weight is 238 g/mol. The molecule has 6 heteroatoms. The fourth-order valence-corrected chi connectivity index (χ4v) is 2.06. The topological polar surface area (TPSA) is 83.6 Å². The molecule has 0 saturated carbocycles. The fourth-order valence-electron chi connectivity index (χ4n) is 2.06. The molecule has 0 aromatic carbocycles. The van der Waals surface area contributed by atoms with Crippen molar-refractivity contribution in [2.75, 3.05) is 6.54 Å². The number of carbonyl (C=O) groups excluding carboxylic acids is 1. The van der Waals surface area contributed by atoms with Gasteiger partial charge in [-0.2, -0.15) is 0 Å². The maximum absolute atomic E-state index is 11.9. The quantitative estimate of drug-likeness (QED) is 0.837. The molecule has 1 N–H and O–H groups in total. The van der Waals surface area contributed by atoms with E-state index in [0.717, 1.165) is 12.8 Å². The van der Waals surface area contributed by atoms with E-state index in [-0.39, 0.29) is 12.3 Å². The van der Waals surface area contributed by atoms with E-state index in [2.05, 4.69) is 4.98 Å². The van der Waals surface area contributed by atoms with Crippen LogP contribution in [0.1, 0.15) is 25.2 Å². The van der Waals surface area contributed by atoms with Crippen LogP contribution in [-0.2, 0) is 16.0 Å². The molecule has 1 saturated heterocycles. The molecule has 6 nitrogen and oxygen atoms in total. The molecule has 1 aromatic rings. The standard InChI is InChI=1S/C11H14N2O4/c14-10(7-9-12-4-6-17-9)13-5-2-1-3-8(13)11(15)16/h4,6,8H,1-3,5,7H2,(H,15,16). The van der Waals surface area contributed by atoms with Gasteiger partial charge < -0.3 is 14.4 Å². The number of amides is 1. The Bertz CT molecular complexity index is 402. The van der Waals surface area contributed by atoms with E-state index in [1.54, 1.807) is 0 Å². The first kappa shape index (κ1) is 11.6. The van der Waals surface area contributed by atoms with Gasteiger partial charge in [0.05, 0.1) is 6.20 Å². The highest BCUT2D eigenvalue weighted by Gasteiger charge is 2.32. The van der Waals surface area contributed by atoms with Gasteiger partial charge in [0.2, 0.25) is 11.8 Å². The molecule has 1 aromatic heterocycles. The zero-order valence-electron chi connectivity index (χ0n) is 9.33. The first-order valence-electron chi connectivity index (χ1n) is 5.59. The molecule has 0 bridgehead atoms. The first-order valence-corrected chi connectivity index (χ1v) is 5.59. The third-order valence-corrected chi connectivity index (χ3v) is 2.89. The fraction of sp³-hybridized carbons (Fsp3) is 0.545. The summed E-state index contributed by atoms with van der Waals surface area (Å²) >= 11 is 0. The number of rotatable bonds is 3. The predicted molar refractivity (Wildman–Crippen MR) is 57.2 cm³/mol. The number of hydrogen-bond acceptors (Lipinski definition) is 4. The number of oxazole rings is 1. The zero-order valence-corrected chi connectivity index (χ0v) is 9.33. The largest absolute Gasteiger partial charge is 0.480 e. The Kier molecular flexibility index (Phi) is 3.41. The van der Waals surface area contributed by atoms with Crippen molar-refractivity contribution in [1.29, 1.82) is 0 Å². The van der Waals surface area contributed by atoms with Crippen molar-refractivity contribution in [1.82, 2.24) is 9.88 Å². The molecule has 1 fully saturated rings. The summed E-state index contributed by atoms with van der Waals surface area (Å²) in [6.07, 6.45) is 5.10. The van der Waals surface area contributed by atoms with Crippen molar-refractivity contribution in [2.24, 2.45) is 0 Å². The van der Waals surface area contributed by atoms with Crippen LogP contribution >= 0.6 is 0 Å². The van der Waals surface area contributed by atoms with Crippen LogP contribution in [0.2, 0.25) is 0 Å². The van der Waals surface area contributed by atoms with E-state index in [1.165, 1.54) is 17.4 Å². The van der Waals surface area contributed by atoms with Gasteiger partial charge in [0.25, 0.3) is 0 Å². The molecule has 0 radical (unpaired) electrons. The van der Waals surface area contributed by atoms with Gasteiger partial charge >= 0.3 is 5.97 Å². The maximum Gasteiger partial charge on any atom is 0.326 e. The lowest BCUT2D eigenvalue weighted by molar-refractivity contribution is -0.151. The molecule has 1 aliphatic heterocycles. The van der Waals surface area contributed by atoms with Crippen LogP contribution in [0.3, 0.4) is 0 Å². The van der Waals surface area contributed by atoms with Crippen molar-refractivity contribution in [3.8, 4) is 0 Å². The first-order chi connectivity index (χ1) is 8.18. The van der Waals surface area contributed by atoms with Gasteiger partial charge in [-0.15, -0.1) is 0 Å². The summed E-state index contributed by atoms with van der Waals surface area (Å²) < 4.78 is 4.98. The second-order valence-electron chi connectivity index (χ2n) is 4.04. The Labute approximate surface area is 98.2 Å². The van der Waals surface area contributed by atoms with Crippen LogP contribution in [0.15, 0.2) is 16.9 Å². The van der Waals surface area contributed by atoms with Gasteiger partial charge in [0.15, 0.2) is 0 Å². The summed E-state index contributed by atoms with van der Waals surface area (Å²) in [6.45, 7) is 0.497. The summed E-state index contributed by atoms with van der Waals surface area (Å²) in [5, 5.41) is 9.05. The number of aliphatic carboxylic acids is 1. The second kappa shape index (κ2) is 4.99. The minimum atomic E-state index is -0.939. The normalized spacial score (nSPS) is 20.2. The summed E-state index contributed by atoms with van der Waals surface area (Å²) in [5.41, 5.74) is 0. The molecular formula is C11H14N2O4. The molecule has 1 atom stereocenters. The van der Waals surface area contributed by atoms with Gasteiger partial charge in [-0.1, -0.05) is 0 Å². The zero-order chi connectivity index (χ0) is 12.3. The Balaban J connectivity index is 2.03. The van der Waals surface area contributed by atoms with Crippen LogP contribution in [0.5, 0.6) is 0 Å². The van der Waals surface area contributed by atoms with Gasteiger partial charge in [0, 0.05) is 6.54 Å². The Morgan fingerprint density at radius 1 is 1.53 bits per heavy atom. The van der Waals surface area contributed by atoms with Crippen LogP contribution < -0.4 is 0 Å². The third-order valence-electron chi connectivity index (χ3n) is 2.89. The molecule has 2 heterocycles. The van der Waals surface area contributed by atoms with Crippen LogP contribution in [0.4, 0.5) is 0 Å². The lowest BCUT2D eigenvalue weighted by atomic mass is 10.0. The molecule has 1 amide bonds. The Morgan fingerprint density at radius 2 is 2.35 bits per heavy atom. The van der Waals surface area contributed by atoms with Gasteiger partial charge in [-0.05, 0) is 19.3 Å². The van der Waals surface area contributed by atoms with Gasteiger partial charge in [0.1, 0.15) is 18.7 Å². The molecule has 17 heavy (non-hydrogen) atoms. The van der Waals surface area contributed by atoms with E-state index >= 15 is 0 Å². The van der Waals surface area contributed by atoms with Gasteiger partial charge in [-0.25, -0.2) is 9.78 Å². The summed E-state index contributed by atoms with van der Waals surface area (Å²) in [4.78, 5) is 28.3. The molecule has 0 aliphatic carbocycles. The molecule has 0 spiro atoms. The summed E-state index contributed by atoms with van der Waals surface area (Å²) in [5.74, 6) is -0.852. The number of carbonyl (C=O) groups is 2. The van der Waals surface area contributed by atoms with Gasteiger partial charge in [-0.3, -0.25) is 4.79 Å². The third kappa shape index (κ3) is 2.64. The predicted octanol–water partition coefficient (Wildman–Crippen LogP) is 0.683. The van der Waals surface area contributed by atoms with Crippen molar-refractivity contribution >= 4 is 11.9 Å². The van der Waals surface area contributed by atoms with E-state index < -0.39 is 12.0 Å². The maximum atomic E-state index is 11.9. The van der Waals surface area contributed by atoms with Crippen molar-refractivity contribution in [2.45, 2.75) is 31.7 Å². The Hall–Kier alpha value is -1.85. The monoisotopic (exact) mass is 238 g/mol. The molecule has 92 valence electrons. The number of piperidine rings is 1. The highest BCUT2D eigenvalue weighted by Crippen LogP contribution is 2.18. The number of nitrogens with zero attached hydrogens (tertiary/aromatic N) is 2. The van der Waals surface area contributed by atoms with Crippen LogP contribution in [0, 0.1) is 0 Å². The lowest BCUT2D eigenvalue weighted by Gasteiger charge is -2.32. The number of carboxylic acid groups (broad SMARTS) is 1. The highest BCUT2D eigenvalue weighted by atomic mass is 16.4. The SMILES string of the molecule is O=C(O)C1CCCCN1C(=O)Cc1ncco1. The van der Waals surface area contributed by atoms with E-state index in [0.29, 0.717) is 18.9 Å². The molecule has 1 aliphatic rings. The Morgan fingerprint density at radius 3 is 3.00 bits per heavy atom. The number of likely N-dealkylation sites (tertiary alicyclic amines) is 1. The van der Waals surface area contributed by atoms with Crippen molar-refractivity contribution in [3.63, 3.8) is 0 Å².